The van der Waals surface area contributed by atoms with Gasteiger partial charge in [0.05, 0.1) is 6.61 Å². The maximum atomic E-state index is 9.41. The Morgan fingerprint density at radius 2 is 2.12 bits per heavy atom. The van der Waals surface area contributed by atoms with Crippen molar-refractivity contribution in [2.75, 3.05) is 18.5 Å². The molecule has 0 aliphatic heterocycles. The second-order valence-corrected chi connectivity index (χ2v) is 4.27. The number of aliphatic hydroxyl groups is 1. The summed E-state index contributed by atoms with van der Waals surface area (Å²) in [6.45, 7) is 5.01. The molecule has 1 aromatic heterocycles. The zero-order chi connectivity index (χ0) is 12.0. The Morgan fingerprint density at radius 3 is 2.62 bits per heavy atom. The van der Waals surface area contributed by atoms with Crippen molar-refractivity contribution in [3.8, 4) is 0 Å². The van der Waals surface area contributed by atoms with Crippen molar-refractivity contribution in [2.45, 2.75) is 26.7 Å². The molecular weight excluding hydrogens is 226 g/mol. The first-order chi connectivity index (χ1) is 7.65. The van der Waals surface area contributed by atoms with Gasteiger partial charge in [-0.25, -0.2) is 9.97 Å². The number of aliphatic hydroxyl groups excluding tert-OH is 1. The monoisotopic (exact) mass is 243 g/mol. The van der Waals surface area contributed by atoms with Crippen LogP contribution in [0.3, 0.4) is 0 Å². The highest BCUT2D eigenvalue weighted by molar-refractivity contribution is 6.28. The quantitative estimate of drug-likeness (QED) is 0.753. The minimum atomic E-state index is -0.0859. The lowest BCUT2D eigenvalue weighted by Crippen LogP contribution is -2.32. The number of nitrogens with zero attached hydrogens (tertiary/aromatic N) is 2. The third kappa shape index (κ3) is 3.32. The summed E-state index contributed by atoms with van der Waals surface area (Å²) < 4.78 is 0. The molecule has 1 heterocycles. The summed E-state index contributed by atoms with van der Waals surface area (Å²) in [5.41, 5.74) is -0.0859. The Balaban J connectivity index is 2.62. The Bertz CT molecular complexity index is 320. The lowest BCUT2D eigenvalue weighted by Gasteiger charge is -2.29. The van der Waals surface area contributed by atoms with Gasteiger partial charge >= 0.3 is 0 Å². The molecule has 0 saturated carbocycles. The summed E-state index contributed by atoms with van der Waals surface area (Å²) in [4.78, 5) is 7.85. The molecule has 1 rings (SSSR count). The van der Waals surface area contributed by atoms with Gasteiger partial charge < -0.3 is 10.4 Å². The van der Waals surface area contributed by atoms with Gasteiger partial charge in [0.2, 0.25) is 5.28 Å². The first-order valence-corrected chi connectivity index (χ1v) is 5.87. The number of nitrogens with one attached hydrogen (secondary N) is 1. The zero-order valence-electron chi connectivity index (χ0n) is 9.70. The molecular formula is C11H18ClN3O. The van der Waals surface area contributed by atoms with Crippen LogP contribution in [0.1, 0.15) is 26.7 Å². The maximum Gasteiger partial charge on any atom is 0.224 e. The zero-order valence-corrected chi connectivity index (χ0v) is 10.5. The number of anilines is 1. The standard InChI is InChI=1S/C11H18ClN3O/c1-3-11(4-2,8-16)7-14-9-5-6-13-10(12)15-9/h5-6,16H,3-4,7-8H2,1-2H3,(H,13,14,15). The van der Waals surface area contributed by atoms with E-state index < -0.39 is 0 Å². The van der Waals surface area contributed by atoms with Crippen molar-refractivity contribution in [1.82, 2.24) is 9.97 Å². The molecule has 0 aliphatic carbocycles. The lowest BCUT2D eigenvalue weighted by atomic mass is 9.83. The molecule has 0 aromatic carbocycles. The topological polar surface area (TPSA) is 58.0 Å². The van der Waals surface area contributed by atoms with Crippen LogP contribution < -0.4 is 5.32 Å². The number of aromatic nitrogens is 2. The van der Waals surface area contributed by atoms with E-state index in [2.05, 4.69) is 29.1 Å². The smallest absolute Gasteiger partial charge is 0.224 e. The van der Waals surface area contributed by atoms with Crippen molar-refractivity contribution >= 4 is 17.4 Å². The summed E-state index contributed by atoms with van der Waals surface area (Å²) in [6.07, 6.45) is 3.45. The van der Waals surface area contributed by atoms with Gasteiger partial charge in [0.15, 0.2) is 0 Å². The molecule has 5 heteroatoms. The van der Waals surface area contributed by atoms with Crippen LogP contribution in [0, 0.1) is 5.41 Å². The number of rotatable bonds is 6. The first-order valence-electron chi connectivity index (χ1n) is 5.49. The molecule has 2 N–H and O–H groups in total. The van der Waals surface area contributed by atoms with Crippen LogP contribution in [0.4, 0.5) is 5.82 Å². The molecule has 0 amide bonds. The van der Waals surface area contributed by atoms with Gasteiger partial charge in [-0.2, -0.15) is 0 Å². The molecule has 90 valence electrons. The van der Waals surface area contributed by atoms with Gasteiger partial charge in [-0.3, -0.25) is 0 Å². The molecule has 0 atom stereocenters. The SMILES string of the molecule is CCC(CC)(CO)CNc1ccnc(Cl)n1. The highest BCUT2D eigenvalue weighted by Gasteiger charge is 2.24. The Morgan fingerprint density at radius 1 is 1.44 bits per heavy atom. The third-order valence-electron chi connectivity index (χ3n) is 3.11. The van der Waals surface area contributed by atoms with E-state index in [0.717, 1.165) is 12.8 Å². The second-order valence-electron chi connectivity index (χ2n) is 3.93. The first kappa shape index (κ1) is 13.2. The normalized spacial score (nSPS) is 11.5. The fourth-order valence-corrected chi connectivity index (χ4v) is 1.64. The van der Waals surface area contributed by atoms with Crippen LogP contribution in [0.15, 0.2) is 12.3 Å². The van der Waals surface area contributed by atoms with Crippen LogP contribution in [-0.4, -0.2) is 28.2 Å². The van der Waals surface area contributed by atoms with E-state index in [1.807, 2.05) is 0 Å². The minimum absolute atomic E-state index is 0.0859. The Labute approximate surface area is 101 Å². The van der Waals surface area contributed by atoms with E-state index in [1.165, 1.54) is 0 Å². The van der Waals surface area contributed by atoms with Crippen LogP contribution in [0.2, 0.25) is 5.28 Å². The molecule has 0 saturated heterocycles. The molecule has 0 bridgehead atoms. The van der Waals surface area contributed by atoms with Crippen molar-refractivity contribution in [1.29, 1.82) is 0 Å². The van der Waals surface area contributed by atoms with Gasteiger partial charge in [0.1, 0.15) is 5.82 Å². The molecule has 0 fully saturated rings. The van der Waals surface area contributed by atoms with E-state index >= 15 is 0 Å². The third-order valence-corrected chi connectivity index (χ3v) is 3.29. The van der Waals surface area contributed by atoms with Gasteiger partial charge in [0, 0.05) is 18.2 Å². The number of halogens is 1. The summed E-state index contributed by atoms with van der Waals surface area (Å²) in [6, 6.07) is 1.76. The van der Waals surface area contributed by atoms with Crippen LogP contribution in [0.5, 0.6) is 0 Å². The van der Waals surface area contributed by atoms with Crippen LogP contribution in [0.25, 0.3) is 0 Å². The predicted molar refractivity (Wildman–Crippen MR) is 65.6 cm³/mol. The molecule has 16 heavy (non-hydrogen) atoms. The molecule has 0 aliphatic rings. The van der Waals surface area contributed by atoms with Gasteiger partial charge in [0.25, 0.3) is 0 Å². The van der Waals surface area contributed by atoms with Gasteiger partial charge in [-0.05, 0) is 30.5 Å². The average molecular weight is 244 g/mol. The van der Waals surface area contributed by atoms with E-state index in [9.17, 15) is 5.11 Å². The van der Waals surface area contributed by atoms with Crippen molar-refractivity contribution < 1.29 is 5.11 Å². The van der Waals surface area contributed by atoms with Gasteiger partial charge in [-0.15, -0.1) is 0 Å². The Kier molecular flexibility index (Phi) is 4.96. The van der Waals surface area contributed by atoms with Crippen molar-refractivity contribution in [3.63, 3.8) is 0 Å². The number of hydrogen-bond acceptors (Lipinski definition) is 4. The van der Waals surface area contributed by atoms with E-state index in [1.54, 1.807) is 12.3 Å². The highest BCUT2D eigenvalue weighted by Crippen LogP contribution is 2.25. The molecule has 1 aromatic rings. The lowest BCUT2D eigenvalue weighted by molar-refractivity contribution is 0.127. The summed E-state index contributed by atoms with van der Waals surface area (Å²) in [5.74, 6) is 0.694. The van der Waals surface area contributed by atoms with E-state index in [-0.39, 0.29) is 17.3 Å². The van der Waals surface area contributed by atoms with Crippen LogP contribution >= 0.6 is 11.6 Å². The molecule has 0 spiro atoms. The maximum absolute atomic E-state index is 9.41. The fourth-order valence-electron chi connectivity index (χ4n) is 1.49. The summed E-state index contributed by atoms with van der Waals surface area (Å²) >= 11 is 5.68. The van der Waals surface area contributed by atoms with Crippen LogP contribution in [-0.2, 0) is 0 Å². The minimum Gasteiger partial charge on any atom is -0.396 e. The van der Waals surface area contributed by atoms with Crippen molar-refractivity contribution in [2.24, 2.45) is 5.41 Å². The predicted octanol–water partition coefficient (Wildman–Crippen LogP) is 2.34. The summed E-state index contributed by atoms with van der Waals surface area (Å²) in [5, 5.41) is 12.8. The van der Waals surface area contributed by atoms with Crippen molar-refractivity contribution in [3.05, 3.63) is 17.5 Å². The summed E-state index contributed by atoms with van der Waals surface area (Å²) in [7, 11) is 0. The van der Waals surface area contributed by atoms with Gasteiger partial charge in [-0.1, -0.05) is 13.8 Å². The fraction of sp³-hybridized carbons (Fsp3) is 0.636. The Hall–Kier alpha value is -0.870. The second kappa shape index (κ2) is 6.01. The molecule has 4 nitrogen and oxygen atoms in total. The average Bonchev–Trinajstić information content (AvgIpc) is 2.32. The van der Waals surface area contributed by atoms with E-state index in [4.69, 9.17) is 11.6 Å². The molecule has 0 unspecified atom stereocenters. The number of hydrogen-bond donors (Lipinski definition) is 2. The molecule has 0 radical (unpaired) electrons. The highest BCUT2D eigenvalue weighted by atomic mass is 35.5. The van der Waals surface area contributed by atoms with E-state index in [0.29, 0.717) is 12.4 Å². The largest absolute Gasteiger partial charge is 0.396 e.